The fraction of sp³-hybridized carbons (Fsp3) is 0.333. The molecule has 2 unspecified atom stereocenters. The molecule has 2 nitrogen and oxygen atoms in total. The Morgan fingerprint density at radius 2 is 2.16 bits per heavy atom. The highest BCUT2D eigenvalue weighted by Crippen LogP contribution is 2.30. The van der Waals surface area contributed by atoms with Gasteiger partial charge in [-0.15, -0.1) is 11.3 Å². The van der Waals surface area contributed by atoms with E-state index < -0.39 is 0 Å². The third kappa shape index (κ3) is 2.94. The standard InChI is InChI=1S/C15H15ClO2S/c16-15-6-5-12(19-15)8-13(17)11-7-10-3-1-2-4-14(10)18-9-11/h1-6,11,13,17H,7-9H2. The number of aliphatic hydroxyl groups is 1. The lowest BCUT2D eigenvalue weighted by molar-refractivity contribution is 0.0658. The van der Waals surface area contributed by atoms with Gasteiger partial charge < -0.3 is 9.84 Å². The average molecular weight is 295 g/mol. The van der Waals surface area contributed by atoms with Crippen molar-refractivity contribution in [2.75, 3.05) is 6.61 Å². The van der Waals surface area contributed by atoms with Gasteiger partial charge in [-0.05, 0) is 30.2 Å². The van der Waals surface area contributed by atoms with Crippen LogP contribution in [-0.2, 0) is 12.8 Å². The van der Waals surface area contributed by atoms with E-state index >= 15 is 0 Å². The highest BCUT2D eigenvalue weighted by Gasteiger charge is 2.26. The van der Waals surface area contributed by atoms with E-state index in [0.29, 0.717) is 13.0 Å². The molecule has 4 heteroatoms. The molecule has 2 atom stereocenters. The quantitative estimate of drug-likeness (QED) is 0.938. The molecule has 1 aliphatic heterocycles. The first-order chi connectivity index (χ1) is 9.22. The number of fused-ring (bicyclic) bond motifs is 1. The number of benzene rings is 1. The molecule has 0 spiro atoms. The molecule has 0 fully saturated rings. The molecule has 1 aromatic carbocycles. The van der Waals surface area contributed by atoms with Crippen molar-refractivity contribution in [1.29, 1.82) is 0 Å². The number of rotatable bonds is 3. The van der Waals surface area contributed by atoms with Crippen LogP contribution in [0.15, 0.2) is 36.4 Å². The van der Waals surface area contributed by atoms with Crippen LogP contribution in [-0.4, -0.2) is 17.8 Å². The summed E-state index contributed by atoms with van der Waals surface area (Å²) in [5, 5.41) is 10.3. The van der Waals surface area contributed by atoms with E-state index in [9.17, 15) is 5.11 Å². The second-order valence-electron chi connectivity index (χ2n) is 4.86. The van der Waals surface area contributed by atoms with Gasteiger partial charge in [-0.2, -0.15) is 0 Å². The fourth-order valence-corrected chi connectivity index (χ4v) is 3.57. The maximum absolute atomic E-state index is 10.3. The Bertz CT molecular complexity index is 567. The first kappa shape index (κ1) is 13.0. The number of ether oxygens (including phenoxy) is 1. The Morgan fingerprint density at radius 1 is 1.32 bits per heavy atom. The largest absolute Gasteiger partial charge is 0.493 e. The number of thiophene rings is 1. The van der Waals surface area contributed by atoms with Crippen molar-refractivity contribution in [1.82, 2.24) is 0 Å². The normalized spacial score (nSPS) is 19.6. The minimum atomic E-state index is -0.386. The lowest BCUT2D eigenvalue weighted by Gasteiger charge is -2.28. The van der Waals surface area contributed by atoms with Crippen molar-refractivity contribution in [3.8, 4) is 5.75 Å². The predicted octanol–water partition coefficient (Wildman–Crippen LogP) is 3.56. The number of hydrogen-bond acceptors (Lipinski definition) is 3. The number of aliphatic hydroxyl groups excluding tert-OH is 1. The average Bonchev–Trinajstić information content (AvgIpc) is 2.83. The molecule has 0 amide bonds. The van der Waals surface area contributed by atoms with Gasteiger partial charge in [0.1, 0.15) is 5.75 Å². The maximum atomic E-state index is 10.3. The summed E-state index contributed by atoms with van der Waals surface area (Å²) in [6.45, 7) is 0.581. The monoisotopic (exact) mass is 294 g/mol. The molecule has 0 bridgehead atoms. The summed E-state index contributed by atoms with van der Waals surface area (Å²) in [5.41, 5.74) is 1.18. The second kappa shape index (κ2) is 5.53. The van der Waals surface area contributed by atoms with Crippen LogP contribution in [0.25, 0.3) is 0 Å². The molecule has 19 heavy (non-hydrogen) atoms. The summed E-state index contributed by atoms with van der Waals surface area (Å²) in [4.78, 5) is 1.12. The van der Waals surface area contributed by atoms with Gasteiger partial charge in [0.15, 0.2) is 0 Å². The van der Waals surface area contributed by atoms with Gasteiger partial charge in [-0.25, -0.2) is 0 Å². The van der Waals surface area contributed by atoms with E-state index in [1.807, 2.05) is 30.3 Å². The number of hydrogen-bond donors (Lipinski definition) is 1. The smallest absolute Gasteiger partial charge is 0.122 e. The van der Waals surface area contributed by atoms with Gasteiger partial charge in [-0.3, -0.25) is 0 Å². The summed E-state index contributed by atoms with van der Waals surface area (Å²) in [7, 11) is 0. The van der Waals surface area contributed by atoms with Crippen molar-refractivity contribution in [2.24, 2.45) is 5.92 Å². The predicted molar refractivity (Wildman–Crippen MR) is 78.2 cm³/mol. The van der Waals surface area contributed by atoms with Crippen LogP contribution in [0.4, 0.5) is 0 Å². The first-order valence-corrected chi connectivity index (χ1v) is 7.55. The van der Waals surface area contributed by atoms with E-state index in [4.69, 9.17) is 16.3 Å². The van der Waals surface area contributed by atoms with Crippen LogP contribution in [0.2, 0.25) is 4.34 Å². The molecular weight excluding hydrogens is 280 g/mol. The Morgan fingerprint density at radius 3 is 2.95 bits per heavy atom. The second-order valence-corrected chi connectivity index (χ2v) is 6.66. The van der Waals surface area contributed by atoms with E-state index in [-0.39, 0.29) is 12.0 Å². The van der Waals surface area contributed by atoms with Gasteiger partial charge in [0.25, 0.3) is 0 Å². The molecule has 100 valence electrons. The van der Waals surface area contributed by atoms with Gasteiger partial charge in [0.05, 0.1) is 17.0 Å². The topological polar surface area (TPSA) is 29.5 Å². The Labute approximate surface area is 121 Å². The van der Waals surface area contributed by atoms with Crippen molar-refractivity contribution in [3.63, 3.8) is 0 Å². The van der Waals surface area contributed by atoms with E-state index in [0.717, 1.165) is 21.4 Å². The van der Waals surface area contributed by atoms with Crippen LogP contribution in [0.1, 0.15) is 10.4 Å². The number of halogens is 1. The van der Waals surface area contributed by atoms with E-state index in [1.165, 1.54) is 16.9 Å². The summed E-state index contributed by atoms with van der Waals surface area (Å²) in [5.74, 6) is 1.10. The van der Waals surface area contributed by atoms with Crippen LogP contribution < -0.4 is 4.74 Å². The zero-order valence-corrected chi connectivity index (χ0v) is 12.0. The van der Waals surface area contributed by atoms with Crippen molar-refractivity contribution in [3.05, 3.63) is 51.2 Å². The Kier molecular flexibility index (Phi) is 3.78. The van der Waals surface area contributed by atoms with E-state index in [1.54, 1.807) is 0 Å². The summed E-state index contributed by atoms with van der Waals surface area (Å²) >= 11 is 7.44. The Hall–Kier alpha value is -1.03. The van der Waals surface area contributed by atoms with Gasteiger partial charge in [0, 0.05) is 17.2 Å². The molecule has 0 aliphatic carbocycles. The summed E-state index contributed by atoms with van der Waals surface area (Å²) in [6.07, 6.45) is 1.13. The van der Waals surface area contributed by atoms with Crippen molar-refractivity contribution in [2.45, 2.75) is 18.9 Å². The third-order valence-corrected chi connectivity index (χ3v) is 4.74. The van der Waals surface area contributed by atoms with Crippen molar-refractivity contribution < 1.29 is 9.84 Å². The third-order valence-electron chi connectivity index (χ3n) is 3.49. The lowest BCUT2D eigenvalue weighted by Crippen LogP contribution is -2.32. The van der Waals surface area contributed by atoms with Crippen LogP contribution >= 0.6 is 22.9 Å². The SMILES string of the molecule is OC(Cc1ccc(Cl)s1)C1COc2ccccc2C1. The zero-order chi connectivity index (χ0) is 13.2. The van der Waals surface area contributed by atoms with Crippen LogP contribution in [0, 0.1) is 5.92 Å². The van der Waals surface area contributed by atoms with Crippen LogP contribution in [0.5, 0.6) is 5.75 Å². The molecule has 2 heterocycles. The first-order valence-electron chi connectivity index (χ1n) is 6.35. The molecule has 1 aliphatic rings. The highest BCUT2D eigenvalue weighted by molar-refractivity contribution is 7.16. The van der Waals surface area contributed by atoms with Gasteiger partial charge in [0.2, 0.25) is 0 Å². The highest BCUT2D eigenvalue weighted by atomic mass is 35.5. The minimum absolute atomic E-state index is 0.149. The van der Waals surface area contributed by atoms with Crippen molar-refractivity contribution >= 4 is 22.9 Å². The fourth-order valence-electron chi connectivity index (χ4n) is 2.43. The van der Waals surface area contributed by atoms with Gasteiger partial charge >= 0.3 is 0 Å². The van der Waals surface area contributed by atoms with Gasteiger partial charge in [-0.1, -0.05) is 29.8 Å². The number of para-hydroxylation sites is 1. The maximum Gasteiger partial charge on any atom is 0.122 e. The Balaban J connectivity index is 1.67. The minimum Gasteiger partial charge on any atom is -0.493 e. The molecule has 1 N–H and O–H groups in total. The zero-order valence-electron chi connectivity index (χ0n) is 10.4. The molecular formula is C15H15ClO2S. The molecule has 0 radical (unpaired) electrons. The van der Waals surface area contributed by atoms with E-state index in [2.05, 4.69) is 6.07 Å². The summed E-state index contributed by atoms with van der Waals surface area (Å²) < 4.78 is 6.49. The molecule has 2 aromatic rings. The molecule has 0 saturated heterocycles. The molecule has 3 rings (SSSR count). The lowest BCUT2D eigenvalue weighted by atomic mass is 9.90. The molecule has 1 aromatic heterocycles. The van der Waals surface area contributed by atoms with Crippen LogP contribution in [0.3, 0.4) is 0 Å². The molecule has 0 saturated carbocycles. The summed E-state index contributed by atoms with van der Waals surface area (Å²) in [6, 6.07) is 11.9.